The van der Waals surface area contributed by atoms with Gasteiger partial charge >= 0.3 is 0 Å². The van der Waals surface area contributed by atoms with Gasteiger partial charge in [0.25, 0.3) is 0 Å². The Kier molecular flexibility index (Phi) is 3.35. The van der Waals surface area contributed by atoms with Crippen LogP contribution in [0, 0.1) is 0 Å². The van der Waals surface area contributed by atoms with Crippen molar-refractivity contribution in [2.45, 2.75) is 32.2 Å². The molecule has 0 saturated carbocycles. The van der Waals surface area contributed by atoms with Gasteiger partial charge in [0.05, 0.1) is 0 Å². The van der Waals surface area contributed by atoms with Gasteiger partial charge in [0.1, 0.15) is 0 Å². The first-order valence-corrected chi connectivity index (χ1v) is 6.89. The van der Waals surface area contributed by atoms with Crippen molar-refractivity contribution in [3.05, 3.63) is 53.9 Å². The molecule has 0 amide bonds. The van der Waals surface area contributed by atoms with Crippen LogP contribution in [0.3, 0.4) is 0 Å². The SMILES string of the molecule is c1cc2n(c1)CCC2.c1ccc2c(c1)CCCN2. The van der Waals surface area contributed by atoms with Gasteiger partial charge in [-0.15, -0.1) is 0 Å². The largest absolute Gasteiger partial charge is 0.385 e. The molecular formula is C16H20N2. The summed E-state index contributed by atoms with van der Waals surface area (Å²) >= 11 is 0. The van der Waals surface area contributed by atoms with Crippen molar-refractivity contribution >= 4 is 5.69 Å². The number of benzene rings is 1. The van der Waals surface area contributed by atoms with E-state index >= 15 is 0 Å². The lowest BCUT2D eigenvalue weighted by Gasteiger charge is -2.16. The number of hydrogen-bond acceptors (Lipinski definition) is 1. The zero-order valence-electron chi connectivity index (χ0n) is 10.7. The van der Waals surface area contributed by atoms with Gasteiger partial charge in [0.2, 0.25) is 0 Å². The number of aryl methyl sites for hydroxylation is 3. The number of aromatic nitrogens is 1. The molecule has 18 heavy (non-hydrogen) atoms. The quantitative estimate of drug-likeness (QED) is 0.746. The molecule has 3 heterocycles. The van der Waals surface area contributed by atoms with Crippen LogP contribution >= 0.6 is 0 Å². The van der Waals surface area contributed by atoms with Crippen LogP contribution < -0.4 is 5.32 Å². The maximum absolute atomic E-state index is 3.36. The van der Waals surface area contributed by atoms with Gasteiger partial charge in [0.15, 0.2) is 0 Å². The van der Waals surface area contributed by atoms with Crippen LogP contribution in [0.4, 0.5) is 5.69 Å². The lowest BCUT2D eigenvalue weighted by Crippen LogP contribution is -2.10. The van der Waals surface area contributed by atoms with Crippen molar-refractivity contribution in [3.8, 4) is 0 Å². The van der Waals surface area contributed by atoms with E-state index in [1.165, 1.54) is 49.2 Å². The van der Waals surface area contributed by atoms with E-state index in [1.54, 1.807) is 0 Å². The van der Waals surface area contributed by atoms with Crippen LogP contribution in [0.15, 0.2) is 42.6 Å². The highest BCUT2D eigenvalue weighted by Gasteiger charge is 2.06. The molecule has 1 N–H and O–H groups in total. The summed E-state index contributed by atoms with van der Waals surface area (Å²) in [5, 5.41) is 3.36. The number of anilines is 1. The van der Waals surface area contributed by atoms with Gasteiger partial charge in [0, 0.05) is 30.7 Å². The van der Waals surface area contributed by atoms with Crippen LogP contribution in [0.5, 0.6) is 0 Å². The number of nitrogens with one attached hydrogen (secondary N) is 1. The Morgan fingerprint density at radius 1 is 0.944 bits per heavy atom. The van der Waals surface area contributed by atoms with Crippen molar-refractivity contribution in [3.63, 3.8) is 0 Å². The van der Waals surface area contributed by atoms with E-state index in [0.29, 0.717) is 0 Å². The zero-order chi connectivity index (χ0) is 12.2. The Labute approximate surface area is 109 Å². The first-order chi connectivity index (χ1) is 8.93. The third-order valence-corrected chi connectivity index (χ3v) is 3.71. The molecule has 0 unspecified atom stereocenters. The van der Waals surface area contributed by atoms with Crippen LogP contribution in [-0.4, -0.2) is 11.1 Å². The summed E-state index contributed by atoms with van der Waals surface area (Å²) in [6.07, 6.45) is 7.30. The second kappa shape index (κ2) is 5.30. The van der Waals surface area contributed by atoms with E-state index in [1.807, 2.05) is 0 Å². The molecule has 1 aromatic carbocycles. The van der Waals surface area contributed by atoms with Crippen molar-refractivity contribution in [1.82, 2.24) is 4.57 Å². The molecule has 94 valence electrons. The van der Waals surface area contributed by atoms with E-state index < -0.39 is 0 Å². The zero-order valence-corrected chi connectivity index (χ0v) is 10.7. The highest BCUT2D eigenvalue weighted by molar-refractivity contribution is 5.52. The van der Waals surface area contributed by atoms with E-state index in [0.717, 1.165) is 6.54 Å². The van der Waals surface area contributed by atoms with Gasteiger partial charge in [-0.3, -0.25) is 0 Å². The lowest BCUT2D eigenvalue weighted by atomic mass is 10.0. The number of rotatable bonds is 0. The molecule has 0 bridgehead atoms. The monoisotopic (exact) mass is 240 g/mol. The topological polar surface area (TPSA) is 17.0 Å². The first kappa shape index (κ1) is 11.4. The highest BCUT2D eigenvalue weighted by atomic mass is 15.0. The Hall–Kier alpha value is -1.70. The molecule has 0 aliphatic carbocycles. The minimum atomic E-state index is 1.14. The van der Waals surface area contributed by atoms with Crippen LogP contribution in [0.25, 0.3) is 0 Å². The van der Waals surface area contributed by atoms with Gasteiger partial charge in [-0.1, -0.05) is 18.2 Å². The molecule has 4 rings (SSSR count). The number of fused-ring (bicyclic) bond motifs is 2. The van der Waals surface area contributed by atoms with E-state index in [-0.39, 0.29) is 0 Å². The molecule has 0 atom stereocenters. The Morgan fingerprint density at radius 2 is 1.89 bits per heavy atom. The molecule has 0 saturated heterocycles. The number of hydrogen-bond donors (Lipinski definition) is 1. The lowest BCUT2D eigenvalue weighted by molar-refractivity contribution is 0.750. The summed E-state index contributed by atoms with van der Waals surface area (Å²) in [6.45, 7) is 2.37. The number of nitrogens with zero attached hydrogens (tertiary/aromatic N) is 1. The van der Waals surface area contributed by atoms with Gasteiger partial charge in [-0.25, -0.2) is 0 Å². The predicted octanol–water partition coefficient (Wildman–Crippen LogP) is 3.48. The third kappa shape index (κ3) is 2.42. The second-order valence-corrected chi connectivity index (χ2v) is 4.98. The maximum atomic E-state index is 3.36. The average molecular weight is 240 g/mol. The fourth-order valence-corrected chi connectivity index (χ4v) is 2.74. The molecule has 0 fully saturated rings. The summed E-state index contributed by atoms with van der Waals surface area (Å²) < 4.78 is 2.32. The Balaban J connectivity index is 0.000000114. The standard InChI is InChI=1S/C9H11N.C7H9N/c1-2-6-9-8(4-1)5-3-7-10-9;1-3-7-4-2-6-8(7)5-1/h1-2,4,6,10H,3,5,7H2;1,3,5H,2,4,6H2. The van der Waals surface area contributed by atoms with Crippen LogP contribution in [-0.2, 0) is 19.4 Å². The minimum Gasteiger partial charge on any atom is -0.385 e. The molecule has 2 aliphatic heterocycles. The average Bonchev–Trinajstić information content (AvgIpc) is 3.03. The van der Waals surface area contributed by atoms with E-state index in [4.69, 9.17) is 0 Å². The van der Waals surface area contributed by atoms with Crippen LogP contribution in [0.1, 0.15) is 24.1 Å². The van der Waals surface area contributed by atoms with Gasteiger partial charge in [-0.05, 0) is 49.4 Å². The van der Waals surface area contributed by atoms with E-state index in [2.05, 4.69) is 52.5 Å². The fraction of sp³-hybridized carbons (Fsp3) is 0.375. The molecule has 2 nitrogen and oxygen atoms in total. The molecule has 2 aliphatic rings. The Bertz CT molecular complexity index is 470. The molecule has 2 heteroatoms. The van der Waals surface area contributed by atoms with Crippen LogP contribution in [0.2, 0.25) is 0 Å². The molecule has 0 spiro atoms. The number of para-hydroxylation sites is 1. The second-order valence-electron chi connectivity index (χ2n) is 4.98. The summed E-state index contributed by atoms with van der Waals surface area (Å²) in [6, 6.07) is 12.8. The molecule has 1 aromatic heterocycles. The van der Waals surface area contributed by atoms with Crippen molar-refractivity contribution in [2.24, 2.45) is 0 Å². The predicted molar refractivity (Wildman–Crippen MR) is 76.0 cm³/mol. The minimum absolute atomic E-state index is 1.14. The Morgan fingerprint density at radius 3 is 2.78 bits per heavy atom. The highest BCUT2D eigenvalue weighted by Crippen LogP contribution is 2.20. The summed E-state index contributed by atoms with van der Waals surface area (Å²) in [4.78, 5) is 0. The van der Waals surface area contributed by atoms with Crippen molar-refractivity contribution in [2.75, 3.05) is 11.9 Å². The summed E-state index contributed by atoms with van der Waals surface area (Å²) in [5.41, 5.74) is 4.30. The fourth-order valence-electron chi connectivity index (χ4n) is 2.74. The van der Waals surface area contributed by atoms with Gasteiger partial charge < -0.3 is 9.88 Å². The molecular weight excluding hydrogens is 220 g/mol. The third-order valence-electron chi connectivity index (χ3n) is 3.71. The summed E-state index contributed by atoms with van der Waals surface area (Å²) in [7, 11) is 0. The smallest absolute Gasteiger partial charge is 0.0372 e. The maximum Gasteiger partial charge on any atom is 0.0372 e. The summed E-state index contributed by atoms with van der Waals surface area (Å²) in [5.74, 6) is 0. The van der Waals surface area contributed by atoms with Crippen molar-refractivity contribution < 1.29 is 0 Å². The normalized spacial score (nSPS) is 16.0. The molecule has 0 radical (unpaired) electrons. The van der Waals surface area contributed by atoms with Gasteiger partial charge in [-0.2, -0.15) is 0 Å². The molecule has 2 aromatic rings. The van der Waals surface area contributed by atoms with Crippen molar-refractivity contribution in [1.29, 1.82) is 0 Å². The van der Waals surface area contributed by atoms with E-state index in [9.17, 15) is 0 Å². The first-order valence-electron chi connectivity index (χ1n) is 6.89.